The smallest absolute Gasteiger partial charge is 0.157 e. The van der Waals surface area contributed by atoms with Gasteiger partial charge in [0.15, 0.2) is 5.78 Å². The Hall–Kier alpha value is -0.630. The standard InChI is InChI=1S/C11H21NO/c1-9(2)7-10(13)8-11(3,4)12(5)6/h7H,8H2,1-6H3. The summed E-state index contributed by atoms with van der Waals surface area (Å²) in [5, 5.41) is 0. The van der Waals surface area contributed by atoms with E-state index in [2.05, 4.69) is 18.7 Å². The molecule has 13 heavy (non-hydrogen) atoms. The highest BCUT2D eigenvalue weighted by atomic mass is 16.1. The van der Waals surface area contributed by atoms with Gasteiger partial charge in [-0.15, -0.1) is 0 Å². The first-order valence-corrected chi connectivity index (χ1v) is 4.61. The zero-order valence-corrected chi connectivity index (χ0v) is 9.64. The van der Waals surface area contributed by atoms with Gasteiger partial charge in [0, 0.05) is 12.0 Å². The van der Waals surface area contributed by atoms with Gasteiger partial charge in [0.05, 0.1) is 0 Å². The van der Waals surface area contributed by atoms with E-state index < -0.39 is 0 Å². The molecule has 0 fully saturated rings. The number of carbonyl (C=O) groups is 1. The lowest BCUT2D eigenvalue weighted by Crippen LogP contribution is -2.39. The molecular formula is C11H21NO. The van der Waals surface area contributed by atoms with Gasteiger partial charge in [-0.25, -0.2) is 0 Å². The Balaban J connectivity index is 4.29. The highest BCUT2D eigenvalue weighted by Gasteiger charge is 2.22. The Bertz CT molecular complexity index is 210. The molecule has 0 aliphatic carbocycles. The molecule has 0 heterocycles. The van der Waals surface area contributed by atoms with Crippen molar-refractivity contribution < 1.29 is 4.79 Å². The maximum Gasteiger partial charge on any atom is 0.157 e. The van der Waals surface area contributed by atoms with Gasteiger partial charge in [0.1, 0.15) is 0 Å². The van der Waals surface area contributed by atoms with Crippen LogP contribution >= 0.6 is 0 Å². The molecule has 0 aromatic carbocycles. The molecule has 0 rings (SSSR count). The molecule has 0 bridgehead atoms. The van der Waals surface area contributed by atoms with Crippen molar-refractivity contribution in [3.8, 4) is 0 Å². The predicted octanol–water partition coefficient (Wildman–Crippen LogP) is 2.25. The molecule has 0 aromatic rings. The molecule has 0 saturated heterocycles. The molecule has 0 aliphatic rings. The van der Waals surface area contributed by atoms with Crippen molar-refractivity contribution in [2.75, 3.05) is 14.1 Å². The van der Waals surface area contributed by atoms with Crippen LogP contribution in [0, 0.1) is 0 Å². The molecule has 0 radical (unpaired) electrons. The Morgan fingerprint density at radius 2 is 1.77 bits per heavy atom. The van der Waals surface area contributed by atoms with Crippen molar-refractivity contribution in [2.45, 2.75) is 39.7 Å². The number of allylic oxidation sites excluding steroid dienone is 2. The van der Waals surface area contributed by atoms with E-state index in [-0.39, 0.29) is 11.3 Å². The molecule has 0 N–H and O–H groups in total. The van der Waals surface area contributed by atoms with Crippen LogP contribution in [0.3, 0.4) is 0 Å². The first-order valence-electron chi connectivity index (χ1n) is 4.61. The van der Waals surface area contributed by atoms with Crippen molar-refractivity contribution >= 4 is 5.78 Å². The molecule has 0 atom stereocenters. The number of nitrogens with zero attached hydrogens (tertiary/aromatic N) is 1. The van der Waals surface area contributed by atoms with Gasteiger partial charge in [-0.1, -0.05) is 5.57 Å². The molecule has 76 valence electrons. The highest BCUT2D eigenvalue weighted by molar-refractivity contribution is 5.90. The van der Waals surface area contributed by atoms with E-state index in [1.165, 1.54) is 0 Å². The molecule has 0 amide bonds. The molecule has 0 unspecified atom stereocenters. The van der Waals surface area contributed by atoms with Crippen molar-refractivity contribution in [3.63, 3.8) is 0 Å². The number of carbonyl (C=O) groups excluding carboxylic acids is 1. The van der Waals surface area contributed by atoms with Crippen molar-refractivity contribution in [1.29, 1.82) is 0 Å². The average molecular weight is 183 g/mol. The monoisotopic (exact) mass is 183 g/mol. The van der Waals surface area contributed by atoms with E-state index >= 15 is 0 Å². The van der Waals surface area contributed by atoms with Gasteiger partial charge in [0.25, 0.3) is 0 Å². The van der Waals surface area contributed by atoms with E-state index in [0.29, 0.717) is 6.42 Å². The zero-order valence-electron chi connectivity index (χ0n) is 9.64. The first kappa shape index (κ1) is 12.4. The van der Waals surface area contributed by atoms with E-state index in [1.807, 2.05) is 27.9 Å². The van der Waals surface area contributed by atoms with Crippen LogP contribution in [0.15, 0.2) is 11.6 Å². The van der Waals surface area contributed by atoms with Crippen LogP contribution in [0.5, 0.6) is 0 Å². The summed E-state index contributed by atoms with van der Waals surface area (Å²) in [6.45, 7) is 8.04. The van der Waals surface area contributed by atoms with E-state index in [4.69, 9.17) is 0 Å². The van der Waals surface area contributed by atoms with Crippen molar-refractivity contribution in [3.05, 3.63) is 11.6 Å². The average Bonchev–Trinajstić information content (AvgIpc) is 1.82. The lowest BCUT2D eigenvalue weighted by atomic mass is 9.96. The van der Waals surface area contributed by atoms with Crippen molar-refractivity contribution in [2.24, 2.45) is 0 Å². The minimum Gasteiger partial charge on any atom is -0.304 e. The minimum atomic E-state index is -0.0525. The summed E-state index contributed by atoms with van der Waals surface area (Å²) in [4.78, 5) is 13.5. The highest BCUT2D eigenvalue weighted by Crippen LogP contribution is 2.15. The Labute approximate surface area is 81.6 Å². The number of rotatable bonds is 4. The van der Waals surface area contributed by atoms with E-state index in [9.17, 15) is 4.79 Å². The predicted molar refractivity (Wildman–Crippen MR) is 56.8 cm³/mol. The van der Waals surface area contributed by atoms with Gasteiger partial charge in [-0.05, 0) is 47.9 Å². The van der Waals surface area contributed by atoms with Gasteiger partial charge in [0.2, 0.25) is 0 Å². The molecule has 0 saturated carbocycles. The summed E-state index contributed by atoms with van der Waals surface area (Å²) in [6, 6.07) is 0. The third kappa shape index (κ3) is 4.83. The number of hydrogen-bond donors (Lipinski definition) is 0. The molecule has 2 heteroatoms. The Morgan fingerprint density at radius 3 is 2.08 bits per heavy atom. The summed E-state index contributed by atoms with van der Waals surface area (Å²) >= 11 is 0. The van der Waals surface area contributed by atoms with Crippen LogP contribution in [0.4, 0.5) is 0 Å². The van der Waals surface area contributed by atoms with Crippen LogP contribution in [-0.2, 0) is 4.79 Å². The fourth-order valence-electron chi connectivity index (χ4n) is 0.958. The summed E-state index contributed by atoms with van der Waals surface area (Å²) < 4.78 is 0. The minimum absolute atomic E-state index is 0.0525. The third-order valence-electron chi connectivity index (χ3n) is 2.27. The largest absolute Gasteiger partial charge is 0.304 e. The fourth-order valence-corrected chi connectivity index (χ4v) is 0.958. The van der Waals surface area contributed by atoms with E-state index in [0.717, 1.165) is 5.57 Å². The zero-order chi connectivity index (χ0) is 10.6. The summed E-state index contributed by atoms with van der Waals surface area (Å²) in [6.07, 6.45) is 2.29. The van der Waals surface area contributed by atoms with Crippen LogP contribution in [0.1, 0.15) is 34.1 Å². The summed E-state index contributed by atoms with van der Waals surface area (Å²) in [5.41, 5.74) is 1.02. The second-order valence-electron chi connectivity index (χ2n) is 4.57. The molecule has 0 aromatic heterocycles. The lowest BCUT2D eigenvalue weighted by molar-refractivity contribution is -0.116. The second kappa shape index (κ2) is 4.56. The van der Waals surface area contributed by atoms with E-state index in [1.54, 1.807) is 6.08 Å². The number of hydrogen-bond acceptors (Lipinski definition) is 2. The SMILES string of the molecule is CC(C)=CC(=O)CC(C)(C)N(C)C. The third-order valence-corrected chi connectivity index (χ3v) is 2.27. The van der Waals surface area contributed by atoms with Gasteiger partial charge >= 0.3 is 0 Å². The van der Waals surface area contributed by atoms with Gasteiger partial charge in [-0.3, -0.25) is 4.79 Å². The molecular weight excluding hydrogens is 162 g/mol. The fraction of sp³-hybridized carbons (Fsp3) is 0.727. The van der Waals surface area contributed by atoms with Gasteiger partial charge in [-0.2, -0.15) is 0 Å². The van der Waals surface area contributed by atoms with Gasteiger partial charge < -0.3 is 4.90 Å². The quantitative estimate of drug-likeness (QED) is 0.623. The maximum atomic E-state index is 11.5. The normalized spacial score (nSPS) is 11.6. The Morgan fingerprint density at radius 1 is 1.31 bits per heavy atom. The molecule has 0 aliphatic heterocycles. The maximum absolute atomic E-state index is 11.5. The van der Waals surface area contributed by atoms with Crippen LogP contribution < -0.4 is 0 Å². The number of ketones is 1. The lowest BCUT2D eigenvalue weighted by Gasteiger charge is -2.31. The van der Waals surface area contributed by atoms with Crippen LogP contribution in [0.2, 0.25) is 0 Å². The second-order valence-corrected chi connectivity index (χ2v) is 4.57. The summed E-state index contributed by atoms with van der Waals surface area (Å²) in [7, 11) is 3.99. The molecule has 2 nitrogen and oxygen atoms in total. The molecule has 0 spiro atoms. The van der Waals surface area contributed by atoms with Crippen molar-refractivity contribution in [1.82, 2.24) is 4.90 Å². The Kier molecular flexibility index (Phi) is 4.34. The first-order chi connectivity index (χ1) is 5.75. The topological polar surface area (TPSA) is 20.3 Å². The summed E-state index contributed by atoms with van der Waals surface area (Å²) in [5.74, 6) is 0.207. The van der Waals surface area contributed by atoms with Crippen LogP contribution in [0.25, 0.3) is 0 Å². The van der Waals surface area contributed by atoms with Crippen LogP contribution in [-0.4, -0.2) is 30.3 Å².